The van der Waals surface area contributed by atoms with Gasteiger partial charge in [-0.3, -0.25) is 4.79 Å². The molecule has 0 spiro atoms. The number of nitrogens with one attached hydrogen (secondary N) is 2. The molecule has 2 unspecified atom stereocenters. The highest BCUT2D eigenvalue weighted by Crippen LogP contribution is 2.30. The Bertz CT molecular complexity index is 459. The molecule has 1 aromatic rings. The van der Waals surface area contributed by atoms with Crippen LogP contribution >= 0.6 is 0 Å². The highest BCUT2D eigenvalue weighted by Gasteiger charge is 2.20. The number of anilines is 1. The number of benzene rings is 1. The molecule has 0 fully saturated rings. The molecule has 2 atom stereocenters. The summed E-state index contributed by atoms with van der Waals surface area (Å²) >= 11 is 0. The van der Waals surface area contributed by atoms with Crippen molar-refractivity contribution in [2.75, 3.05) is 18.4 Å². The fourth-order valence-electron chi connectivity index (χ4n) is 2.25. The molecule has 0 aliphatic carbocycles. The summed E-state index contributed by atoms with van der Waals surface area (Å²) in [7, 11) is 0. The number of ketones is 1. The lowest BCUT2D eigenvalue weighted by Crippen LogP contribution is -2.34. The lowest BCUT2D eigenvalue weighted by Gasteiger charge is -2.27. The molecule has 0 radical (unpaired) electrons. The second-order valence-electron chi connectivity index (χ2n) is 4.88. The molecule has 104 valence electrons. The molecule has 4 heteroatoms. The Morgan fingerprint density at radius 1 is 1.53 bits per heavy atom. The van der Waals surface area contributed by atoms with Crippen LogP contribution in [0.25, 0.3) is 0 Å². The Labute approximate surface area is 114 Å². The molecule has 0 saturated carbocycles. The van der Waals surface area contributed by atoms with Crippen LogP contribution in [0.2, 0.25) is 0 Å². The molecule has 1 heterocycles. The maximum atomic E-state index is 12.2. The zero-order valence-corrected chi connectivity index (χ0v) is 11.8. The van der Waals surface area contributed by atoms with E-state index in [2.05, 4.69) is 17.6 Å². The summed E-state index contributed by atoms with van der Waals surface area (Å²) in [5, 5.41) is 6.47. The minimum Gasteiger partial charge on any atom is -0.486 e. The molecule has 0 amide bonds. The van der Waals surface area contributed by atoms with Gasteiger partial charge in [-0.25, -0.2) is 0 Å². The zero-order valence-electron chi connectivity index (χ0n) is 11.8. The highest BCUT2D eigenvalue weighted by molar-refractivity contribution is 6.01. The summed E-state index contributed by atoms with van der Waals surface area (Å²) in [6, 6.07) is 5.46. The van der Waals surface area contributed by atoms with E-state index in [9.17, 15) is 4.79 Å². The van der Waals surface area contributed by atoms with Crippen molar-refractivity contribution in [2.24, 2.45) is 0 Å². The number of rotatable bonds is 5. The first-order valence-corrected chi connectivity index (χ1v) is 6.97. The number of ether oxygens (including phenoxy) is 1. The molecule has 1 aliphatic rings. The average Bonchev–Trinajstić information content (AvgIpc) is 2.45. The molecule has 1 aliphatic heterocycles. The van der Waals surface area contributed by atoms with Crippen molar-refractivity contribution < 1.29 is 9.53 Å². The predicted octanol–water partition coefficient (Wildman–Crippen LogP) is 2.45. The lowest BCUT2D eigenvalue weighted by molar-refractivity contribution is 0.0952. The molecule has 2 rings (SSSR count). The maximum absolute atomic E-state index is 12.2. The largest absolute Gasteiger partial charge is 0.486 e. The second kappa shape index (κ2) is 6.06. The highest BCUT2D eigenvalue weighted by atomic mass is 16.5. The van der Waals surface area contributed by atoms with Crippen LogP contribution in [0.5, 0.6) is 5.75 Å². The van der Waals surface area contributed by atoms with Crippen molar-refractivity contribution in [3.05, 3.63) is 23.8 Å². The molecule has 1 aromatic carbocycles. The van der Waals surface area contributed by atoms with E-state index < -0.39 is 0 Å². The third-order valence-corrected chi connectivity index (χ3v) is 3.44. The Balaban J connectivity index is 2.16. The van der Waals surface area contributed by atoms with Crippen LogP contribution < -0.4 is 15.4 Å². The standard InChI is InChI=1S/C15H22N2O2/c1-4-12-9-17-13-8-11(6-7-14(13)19-12)15(18)10(3)16-5-2/h6-8,10,12,16-17H,4-5,9H2,1-3H3. The van der Waals surface area contributed by atoms with Gasteiger partial charge in [0.25, 0.3) is 0 Å². The van der Waals surface area contributed by atoms with Gasteiger partial charge in [-0.1, -0.05) is 13.8 Å². The van der Waals surface area contributed by atoms with E-state index in [0.717, 1.165) is 36.5 Å². The quantitative estimate of drug-likeness (QED) is 0.800. The van der Waals surface area contributed by atoms with Crippen LogP contribution in [-0.4, -0.2) is 31.0 Å². The first kappa shape index (κ1) is 13.9. The molecular formula is C15H22N2O2. The van der Waals surface area contributed by atoms with Crippen molar-refractivity contribution in [2.45, 2.75) is 39.3 Å². The Kier molecular flexibility index (Phi) is 4.43. The number of carbonyl (C=O) groups excluding carboxylic acids is 1. The van der Waals surface area contributed by atoms with Gasteiger partial charge in [0.1, 0.15) is 11.9 Å². The molecule has 2 N–H and O–H groups in total. The number of hydrogen-bond donors (Lipinski definition) is 2. The molecule has 4 nitrogen and oxygen atoms in total. The second-order valence-corrected chi connectivity index (χ2v) is 4.88. The van der Waals surface area contributed by atoms with E-state index in [1.54, 1.807) is 0 Å². The molecule has 0 saturated heterocycles. The topological polar surface area (TPSA) is 50.4 Å². The van der Waals surface area contributed by atoms with E-state index in [0.29, 0.717) is 0 Å². The van der Waals surface area contributed by atoms with Gasteiger partial charge in [0.2, 0.25) is 0 Å². The third-order valence-electron chi connectivity index (χ3n) is 3.44. The van der Waals surface area contributed by atoms with E-state index >= 15 is 0 Å². The number of fused-ring (bicyclic) bond motifs is 1. The van der Waals surface area contributed by atoms with Crippen LogP contribution in [0.4, 0.5) is 5.69 Å². The van der Waals surface area contributed by atoms with Crippen molar-refractivity contribution in [3.63, 3.8) is 0 Å². The van der Waals surface area contributed by atoms with Gasteiger partial charge in [-0.15, -0.1) is 0 Å². The van der Waals surface area contributed by atoms with Gasteiger partial charge in [-0.05, 0) is 38.1 Å². The molecule has 0 aromatic heterocycles. The van der Waals surface area contributed by atoms with Crippen LogP contribution in [0.15, 0.2) is 18.2 Å². The summed E-state index contributed by atoms with van der Waals surface area (Å²) in [6.45, 7) is 7.58. The average molecular weight is 262 g/mol. The number of likely N-dealkylation sites (N-methyl/N-ethyl adjacent to an activating group) is 1. The van der Waals surface area contributed by atoms with E-state index in [4.69, 9.17) is 4.74 Å². The summed E-state index contributed by atoms with van der Waals surface area (Å²) in [4.78, 5) is 12.2. The normalized spacial score (nSPS) is 19.0. The summed E-state index contributed by atoms with van der Waals surface area (Å²) in [6.07, 6.45) is 1.19. The van der Waals surface area contributed by atoms with Crippen molar-refractivity contribution >= 4 is 11.5 Å². The monoisotopic (exact) mass is 262 g/mol. The van der Waals surface area contributed by atoms with Crippen molar-refractivity contribution in [1.82, 2.24) is 5.32 Å². The Hall–Kier alpha value is -1.55. The lowest BCUT2D eigenvalue weighted by atomic mass is 10.0. The van der Waals surface area contributed by atoms with Crippen molar-refractivity contribution in [3.8, 4) is 5.75 Å². The number of carbonyl (C=O) groups is 1. The van der Waals surface area contributed by atoms with Crippen LogP contribution in [-0.2, 0) is 0 Å². The summed E-state index contributed by atoms with van der Waals surface area (Å²) < 4.78 is 5.83. The number of Topliss-reactive ketones (excluding diaryl/α,β-unsaturated/α-hetero) is 1. The van der Waals surface area contributed by atoms with Gasteiger partial charge >= 0.3 is 0 Å². The van der Waals surface area contributed by atoms with E-state index in [1.807, 2.05) is 32.0 Å². The summed E-state index contributed by atoms with van der Waals surface area (Å²) in [5.74, 6) is 0.954. The van der Waals surface area contributed by atoms with E-state index in [1.165, 1.54) is 0 Å². The smallest absolute Gasteiger partial charge is 0.179 e. The van der Waals surface area contributed by atoms with Gasteiger partial charge in [-0.2, -0.15) is 0 Å². The maximum Gasteiger partial charge on any atom is 0.179 e. The minimum atomic E-state index is -0.157. The van der Waals surface area contributed by atoms with Crippen LogP contribution in [0.1, 0.15) is 37.6 Å². The molecular weight excluding hydrogens is 240 g/mol. The van der Waals surface area contributed by atoms with Gasteiger partial charge in [0.15, 0.2) is 5.78 Å². The summed E-state index contributed by atoms with van der Waals surface area (Å²) in [5.41, 5.74) is 1.64. The fourth-order valence-corrected chi connectivity index (χ4v) is 2.25. The minimum absolute atomic E-state index is 0.115. The first-order valence-electron chi connectivity index (χ1n) is 6.97. The van der Waals surface area contributed by atoms with Gasteiger partial charge in [0.05, 0.1) is 18.3 Å². The SMILES string of the molecule is CCNC(C)C(=O)c1ccc2c(c1)NCC(CC)O2. The Morgan fingerprint density at radius 2 is 2.32 bits per heavy atom. The van der Waals surface area contributed by atoms with Crippen LogP contribution in [0, 0.1) is 0 Å². The number of hydrogen-bond acceptors (Lipinski definition) is 4. The van der Waals surface area contributed by atoms with Gasteiger partial charge < -0.3 is 15.4 Å². The zero-order chi connectivity index (χ0) is 13.8. The predicted molar refractivity (Wildman–Crippen MR) is 77.1 cm³/mol. The Morgan fingerprint density at radius 3 is 3.00 bits per heavy atom. The van der Waals surface area contributed by atoms with E-state index in [-0.39, 0.29) is 17.9 Å². The van der Waals surface area contributed by atoms with Crippen molar-refractivity contribution in [1.29, 1.82) is 0 Å². The molecule has 19 heavy (non-hydrogen) atoms. The third kappa shape index (κ3) is 3.07. The van der Waals surface area contributed by atoms with Gasteiger partial charge in [0, 0.05) is 5.56 Å². The molecule has 0 bridgehead atoms. The van der Waals surface area contributed by atoms with Crippen LogP contribution in [0.3, 0.4) is 0 Å². The fraction of sp³-hybridized carbons (Fsp3) is 0.533. The first-order chi connectivity index (χ1) is 9.15.